The molecule has 1 saturated carbocycles. The average Bonchev–Trinajstić information content (AvgIpc) is 2.16. The second-order valence-corrected chi connectivity index (χ2v) is 4.83. The largest absolute Gasteiger partial charge is 0.480 e. The molecule has 2 aliphatic rings. The number of hydrogen-bond acceptors (Lipinski definition) is 3. The van der Waals surface area contributed by atoms with Gasteiger partial charge in [0.25, 0.3) is 0 Å². The van der Waals surface area contributed by atoms with Gasteiger partial charge in [0.2, 0.25) is 0 Å². The van der Waals surface area contributed by atoms with Crippen LogP contribution in [0.2, 0.25) is 0 Å². The third-order valence-corrected chi connectivity index (χ3v) is 4.15. The number of rotatable bonds is 3. The van der Waals surface area contributed by atoms with Crippen LogP contribution in [0.15, 0.2) is 0 Å². The first kappa shape index (κ1) is 11.4. The highest BCUT2D eigenvalue weighted by Gasteiger charge is 2.61. The molecule has 1 aliphatic heterocycles. The predicted molar refractivity (Wildman–Crippen MR) is 56.0 cm³/mol. The van der Waals surface area contributed by atoms with Gasteiger partial charge in [-0.15, -0.1) is 0 Å². The molecule has 0 aromatic heterocycles. The van der Waals surface area contributed by atoms with Crippen LogP contribution < -0.4 is 5.32 Å². The minimum absolute atomic E-state index is 0.199. The van der Waals surface area contributed by atoms with Gasteiger partial charge in [-0.25, -0.2) is 0 Å². The number of carboxylic acids is 2. The summed E-state index contributed by atoms with van der Waals surface area (Å²) in [7, 11) is 0. The molecule has 0 spiro atoms. The van der Waals surface area contributed by atoms with Crippen molar-refractivity contribution in [3.05, 3.63) is 0 Å². The van der Waals surface area contributed by atoms with Gasteiger partial charge >= 0.3 is 11.9 Å². The summed E-state index contributed by atoms with van der Waals surface area (Å²) in [5.41, 5.74) is -1.51. The Bertz CT molecular complexity index is 295. The summed E-state index contributed by atoms with van der Waals surface area (Å²) in [6.45, 7) is 1.71. The van der Waals surface area contributed by atoms with Crippen LogP contribution in [0.1, 0.15) is 25.7 Å². The highest BCUT2D eigenvalue weighted by atomic mass is 16.4. The van der Waals surface area contributed by atoms with E-state index in [0.717, 1.165) is 32.4 Å². The zero-order chi connectivity index (χ0) is 11.8. The highest BCUT2D eigenvalue weighted by molar-refractivity contribution is 5.99. The maximum Gasteiger partial charge on any atom is 0.321 e. The van der Waals surface area contributed by atoms with Crippen LogP contribution in [-0.2, 0) is 9.59 Å². The standard InChI is InChI=1S/C11H17NO4/c13-9(14)11(10(15)16)4-3-8(11)7-2-1-5-12-6-7/h7-8,12H,1-6H2,(H,13,14)(H,15,16). The lowest BCUT2D eigenvalue weighted by Crippen LogP contribution is -2.57. The number of hydrogen-bond donors (Lipinski definition) is 3. The topological polar surface area (TPSA) is 86.6 Å². The van der Waals surface area contributed by atoms with E-state index >= 15 is 0 Å². The molecule has 0 radical (unpaired) electrons. The Balaban J connectivity index is 2.15. The van der Waals surface area contributed by atoms with Crippen molar-refractivity contribution in [2.24, 2.45) is 17.3 Å². The third-order valence-electron chi connectivity index (χ3n) is 4.15. The Morgan fingerprint density at radius 2 is 1.88 bits per heavy atom. The van der Waals surface area contributed by atoms with Crippen LogP contribution in [0.5, 0.6) is 0 Å². The van der Waals surface area contributed by atoms with Crippen LogP contribution >= 0.6 is 0 Å². The quantitative estimate of drug-likeness (QED) is 0.613. The van der Waals surface area contributed by atoms with E-state index in [1.54, 1.807) is 0 Å². The number of carboxylic acid groups (broad SMARTS) is 2. The summed E-state index contributed by atoms with van der Waals surface area (Å²) in [5.74, 6) is -2.33. The minimum atomic E-state index is -1.51. The molecule has 0 bridgehead atoms. The van der Waals surface area contributed by atoms with Crippen LogP contribution in [-0.4, -0.2) is 35.2 Å². The SMILES string of the molecule is O=C(O)C1(C(=O)O)CCC1C1CCCNC1. The maximum absolute atomic E-state index is 11.2. The van der Waals surface area contributed by atoms with Crippen molar-refractivity contribution in [1.29, 1.82) is 0 Å². The molecule has 16 heavy (non-hydrogen) atoms. The molecule has 2 rings (SSSR count). The second kappa shape index (κ2) is 4.05. The van der Waals surface area contributed by atoms with Crippen molar-refractivity contribution < 1.29 is 19.8 Å². The molecule has 3 N–H and O–H groups in total. The Hall–Kier alpha value is -1.10. The molecule has 90 valence electrons. The molecular formula is C11H17NO4. The van der Waals surface area contributed by atoms with E-state index in [9.17, 15) is 9.59 Å². The molecule has 2 atom stereocenters. The molecule has 0 amide bonds. The fourth-order valence-electron chi connectivity index (χ4n) is 3.08. The molecule has 5 nitrogen and oxygen atoms in total. The lowest BCUT2D eigenvalue weighted by molar-refractivity contribution is -0.182. The average molecular weight is 227 g/mol. The smallest absolute Gasteiger partial charge is 0.321 e. The van der Waals surface area contributed by atoms with Crippen molar-refractivity contribution in [3.63, 3.8) is 0 Å². The van der Waals surface area contributed by atoms with Gasteiger partial charge in [-0.05, 0) is 50.6 Å². The van der Waals surface area contributed by atoms with E-state index in [-0.39, 0.29) is 18.3 Å². The number of nitrogens with one attached hydrogen (secondary N) is 1. The molecule has 5 heteroatoms. The van der Waals surface area contributed by atoms with Crippen molar-refractivity contribution in [2.75, 3.05) is 13.1 Å². The fraction of sp³-hybridized carbons (Fsp3) is 0.818. The summed E-state index contributed by atoms with van der Waals surface area (Å²) >= 11 is 0. The van der Waals surface area contributed by atoms with Crippen LogP contribution in [0, 0.1) is 17.3 Å². The second-order valence-electron chi connectivity index (χ2n) is 4.83. The summed E-state index contributed by atoms with van der Waals surface area (Å²) in [6, 6.07) is 0. The van der Waals surface area contributed by atoms with Gasteiger partial charge in [0.05, 0.1) is 0 Å². The Kier molecular flexibility index (Phi) is 2.88. The molecule has 0 aromatic carbocycles. The molecule has 1 heterocycles. The van der Waals surface area contributed by atoms with E-state index in [0.29, 0.717) is 0 Å². The third kappa shape index (κ3) is 1.50. The van der Waals surface area contributed by atoms with Crippen molar-refractivity contribution >= 4 is 11.9 Å². The van der Waals surface area contributed by atoms with E-state index in [1.165, 1.54) is 0 Å². The van der Waals surface area contributed by atoms with Crippen LogP contribution in [0.3, 0.4) is 0 Å². The summed E-state index contributed by atoms with van der Waals surface area (Å²) in [5, 5.41) is 21.5. The van der Waals surface area contributed by atoms with Gasteiger partial charge in [0.1, 0.15) is 0 Å². The number of piperidine rings is 1. The highest BCUT2D eigenvalue weighted by Crippen LogP contribution is 2.52. The van der Waals surface area contributed by atoms with Gasteiger partial charge in [-0.1, -0.05) is 0 Å². The fourth-order valence-corrected chi connectivity index (χ4v) is 3.08. The first-order valence-corrected chi connectivity index (χ1v) is 5.76. The van der Waals surface area contributed by atoms with Gasteiger partial charge in [0, 0.05) is 0 Å². The lowest BCUT2D eigenvalue weighted by atomic mass is 9.54. The predicted octanol–water partition coefficient (Wildman–Crippen LogP) is 0.552. The summed E-state index contributed by atoms with van der Waals surface area (Å²) in [6.07, 6.45) is 2.96. The van der Waals surface area contributed by atoms with Crippen molar-refractivity contribution in [2.45, 2.75) is 25.7 Å². The monoisotopic (exact) mass is 227 g/mol. The van der Waals surface area contributed by atoms with Gasteiger partial charge in [0.15, 0.2) is 5.41 Å². The molecule has 2 fully saturated rings. The Morgan fingerprint density at radius 1 is 1.19 bits per heavy atom. The number of aliphatic carboxylic acids is 2. The zero-order valence-corrected chi connectivity index (χ0v) is 9.11. The van der Waals surface area contributed by atoms with E-state index in [1.807, 2.05) is 0 Å². The Morgan fingerprint density at radius 3 is 2.25 bits per heavy atom. The molecule has 0 aromatic rings. The Labute approximate surface area is 93.8 Å². The maximum atomic E-state index is 11.2. The van der Waals surface area contributed by atoms with E-state index in [4.69, 9.17) is 10.2 Å². The molecule has 1 saturated heterocycles. The van der Waals surface area contributed by atoms with E-state index < -0.39 is 17.4 Å². The summed E-state index contributed by atoms with van der Waals surface area (Å²) in [4.78, 5) is 22.4. The van der Waals surface area contributed by atoms with Crippen molar-refractivity contribution in [3.8, 4) is 0 Å². The van der Waals surface area contributed by atoms with E-state index in [2.05, 4.69) is 5.32 Å². The summed E-state index contributed by atoms with van der Waals surface area (Å²) < 4.78 is 0. The first-order valence-electron chi connectivity index (χ1n) is 5.76. The van der Waals surface area contributed by atoms with Crippen LogP contribution in [0.4, 0.5) is 0 Å². The van der Waals surface area contributed by atoms with Gasteiger partial charge < -0.3 is 15.5 Å². The number of carbonyl (C=O) groups is 2. The molecular weight excluding hydrogens is 210 g/mol. The zero-order valence-electron chi connectivity index (χ0n) is 9.11. The molecule has 2 unspecified atom stereocenters. The van der Waals surface area contributed by atoms with Gasteiger partial charge in [-0.3, -0.25) is 9.59 Å². The van der Waals surface area contributed by atoms with Gasteiger partial charge in [-0.2, -0.15) is 0 Å². The molecule has 1 aliphatic carbocycles. The van der Waals surface area contributed by atoms with Crippen molar-refractivity contribution in [1.82, 2.24) is 5.32 Å². The lowest BCUT2D eigenvalue weighted by Gasteiger charge is -2.47. The first-order chi connectivity index (χ1) is 7.59. The van der Waals surface area contributed by atoms with Crippen LogP contribution in [0.25, 0.3) is 0 Å². The normalized spacial score (nSPS) is 32.8. The minimum Gasteiger partial charge on any atom is -0.480 e.